The molecule has 8 heteroatoms. The first-order chi connectivity index (χ1) is 12.9. The van der Waals surface area contributed by atoms with Crippen LogP contribution >= 0.6 is 7.60 Å². The number of imide groups is 1. The Morgan fingerprint density at radius 3 is 1.89 bits per heavy atom. The average Bonchev–Trinajstić information content (AvgIpc) is 2.92. The van der Waals surface area contributed by atoms with E-state index in [0.29, 0.717) is 0 Å². The lowest BCUT2D eigenvalue weighted by Crippen LogP contribution is -2.31. The third kappa shape index (κ3) is 3.25. The largest absolute Gasteiger partial charge is 0.401 e. The van der Waals surface area contributed by atoms with Crippen molar-refractivity contribution in [2.75, 3.05) is 18.1 Å². The summed E-state index contributed by atoms with van der Waals surface area (Å²) in [5, 5.41) is 0. The van der Waals surface area contributed by atoms with Gasteiger partial charge in [0.05, 0.1) is 35.6 Å². The van der Waals surface area contributed by atoms with Gasteiger partial charge in [-0.2, -0.15) is 0 Å². The Bertz CT molecular complexity index is 925. The Labute approximate surface area is 156 Å². The maximum atomic E-state index is 12.9. The Morgan fingerprint density at radius 1 is 0.889 bits per heavy atom. The van der Waals surface area contributed by atoms with E-state index in [4.69, 9.17) is 9.05 Å². The number of fused-ring (bicyclic) bond motifs is 1. The zero-order valence-corrected chi connectivity index (χ0v) is 15.8. The third-order valence-electron chi connectivity index (χ3n) is 4.02. The van der Waals surface area contributed by atoms with Crippen LogP contribution in [-0.2, 0) is 13.6 Å². The van der Waals surface area contributed by atoms with Crippen LogP contribution < -0.4 is 4.90 Å². The van der Waals surface area contributed by atoms with Crippen molar-refractivity contribution >= 4 is 30.6 Å². The van der Waals surface area contributed by atoms with E-state index in [2.05, 4.69) is 0 Å². The van der Waals surface area contributed by atoms with Crippen molar-refractivity contribution in [3.63, 3.8) is 0 Å². The highest BCUT2D eigenvalue weighted by Crippen LogP contribution is 2.52. The highest BCUT2D eigenvalue weighted by molar-refractivity contribution is 7.72. The predicted molar refractivity (Wildman–Crippen MR) is 99.2 cm³/mol. The van der Waals surface area contributed by atoms with Gasteiger partial charge in [0.1, 0.15) is 0 Å². The van der Waals surface area contributed by atoms with Gasteiger partial charge in [0, 0.05) is 0 Å². The van der Waals surface area contributed by atoms with Gasteiger partial charge in [-0.15, -0.1) is 0 Å². The normalized spacial score (nSPS) is 13.8. The van der Waals surface area contributed by atoms with E-state index in [1.165, 1.54) is 12.1 Å². The Balaban J connectivity index is 2.08. The summed E-state index contributed by atoms with van der Waals surface area (Å²) in [6.07, 6.45) is 0. The monoisotopic (exact) mass is 387 g/mol. The molecule has 0 aliphatic carbocycles. The fraction of sp³-hybridized carbons (Fsp3) is 0.211. The average molecular weight is 387 g/mol. The van der Waals surface area contributed by atoms with Crippen molar-refractivity contribution in [3.8, 4) is 0 Å². The number of anilines is 1. The minimum absolute atomic E-state index is 0.0121. The molecular formula is C19H18NO6P. The molecule has 7 nitrogen and oxygen atoms in total. The Kier molecular flexibility index (Phi) is 5.37. The summed E-state index contributed by atoms with van der Waals surface area (Å²) in [6, 6.07) is 12.4. The lowest BCUT2D eigenvalue weighted by atomic mass is 10.1. The molecule has 0 fully saturated rings. The first-order valence-electron chi connectivity index (χ1n) is 8.45. The number of hydrogen-bond acceptors (Lipinski definition) is 6. The summed E-state index contributed by atoms with van der Waals surface area (Å²) >= 11 is 0. The van der Waals surface area contributed by atoms with E-state index in [9.17, 15) is 18.9 Å². The fourth-order valence-corrected chi connectivity index (χ4v) is 4.37. The van der Waals surface area contributed by atoms with Gasteiger partial charge in [-0.3, -0.25) is 18.9 Å². The standard InChI is InChI=1S/C19H18NO6P/c1-3-25-27(24,26-4-2)19(23)15-11-7-8-12-16(15)20-17(21)13-9-5-6-10-14(13)18(20)22/h5-12H,3-4H2,1-2H3. The molecule has 0 aromatic heterocycles. The van der Waals surface area contributed by atoms with Crippen molar-refractivity contribution in [2.24, 2.45) is 0 Å². The van der Waals surface area contributed by atoms with Gasteiger partial charge in [0.25, 0.3) is 17.3 Å². The van der Waals surface area contributed by atoms with Gasteiger partial charge < -0.3 is 9.05 Å². The zero-order chi connectivity index (χ0) is 19.6. The number of rotatable bonds is 7. The quantitative estimate of drug-likeness (QED) is 0.529. The van der Waals surface area contributed by atoms with Gasteiger partial charge >= 0.3 is 7.60 Å². The minimum atomic E-state index is -4.10. The van der Waals surface area contributed by atoms with Crippen LogP contribution in [0, 0.1) is 0 Å². The van der Waals surface area contributed by atoms with Crippen LogP contribution in [0.2, 0.25) is 0 Å². The van der Waals surface area contributed by atoms with Crippen LogP contribution in [0.25, 0.3) is 0 Å². The molecule has 0 bridgehead atoms. The number of amides is 2. The topological polar surface area (TPSA) is 90.0 Å². The number of carbonyl (C=O) groups is 3. The molecule has 2 amide bonds. The first kappa shape index (κ1) is 19.2. The number of para-hydroxylation sites is 1. The van der Waals surface area contributed by atoms with Crippen molar-refractivity contribution in [1.82, 2.24) is 0 Å². The highest BCUT2D eigenvalue weighted by Gasteiger charge is 2.42. The smallest absolute Gasteiger partial charge is 0.303 e. The van der Waals surface area contributed by atoms with Gasteiger partial charge in [-0.05, 0) is 38.1 Å². The maximum Gasteiger partial charge on any atom is 0.401 e. The van der Waals surface area contributed by atoms with Crippen molar-refractivity contribution in [2.45, 2.75) is 13.8 Å². The predicted octanol–water partition coefficient (Wildman–Crippen LogP) is 3.89. The van der Waals surface area contributed by atoms with Gasteiger partial charge in [-0.25, -0.2) is 4.90 Å². The molecule has 0 radical (unpaired) electrons. The van der Waals surface area contributed by atoms with E-state index >= 15 is 0 Å². The highest BCUT2D eigenvalue weighted by atomic mass is 31.2. The van der Waals surface area contributed by atoms with Crippen molar-refractivity contribution in [1.29, 1.82) is 0 Å². The lowest BCUT2D eigenvalue weighted by Gasteiger charge is -2.20. The lowest BCUT2D eigenvalue weighted by molar-refractivity contribution is 0.0925. The van der Waals surface area contributed by atoms with Crippen LogP contribution in [-0.4, -0.2) is 30.6 Å². The molecule has 0 unspecified atom stereocenters. The molecule has 0 atom stereocenters. The molecule has 0 N–H and O–H groups in total. The van der Waals surface area contributed by atoms with Gasteiger partial charge in [0.15, 0.2) is 0 Å². The van der Waals surface area contributed by atoms with Crippen LogP contribution in [0.4, 0.5) is 5.69 Å². The zero-order valence-electron chi connectivity index (χ0n) is 14.9. The summed E-state index contributed by atoms with van der Waals surface area (Å²) < 4.78 is 23.1. The second kappa shape index (κ2) is 7.56. The van der Waals surface area contributed by atoms with E-state index < -0.39 is 24.9 Å². The maximum absolute atomic E-state index is 12.9. The van der Waals surface area contributed by atoms with E-state index in [0.717, 1.165) is 4.90 Å². The van der Waals surface area contributed by atoms with Gasteiger partial charge in [-0.1, -0.05) is 24.3 Å². The molecule has 2 aromatic carbocycles. The van der Waals surface area contributed by atoms with E-state index in [1.807, 2.05) is 0 Å². The summed E-state index contributed by atoms with van der Waals surface area (Å²) in [5.74, 6) is -1.09. The minimum Gasteiger partial charge on any atom is -0.303 e. The third-order valence-corrected chi connectivity index (χ3v) is 5.95. The Hall–Kier alpha value is -2.60. The van der Waals surface area contributed by atoms with Crippen LogP contribution in [0.15, 0.2) is 48.5 Å². The van der Waals surface area contributed by atoms with E-state index in [1.54, 1.807) is 50.2 Å². The molecule has 0 saturated carbocycles. The molecule has 140 valence electrons. The number of hydrogen-bond donors (Lipinski definition) is 0. The van der Waals surface area contributed by atoms with Crippen LogP contribution in [0.3, 0.4) is 0 Å². The molecule has 0 spiro atoms. The summed E-state index contributed by atoms with van der Waals surface area (Å²) in [4.78, 5) is 39.4. The SMILES string of the molecule is CCOP(=O)(OCC)C(=O)c1ccccc1N1C(=O)c2ccccc2C1=O. The first-order valence-corrected chi connectivity index (χ1v) is 9.99. The molecule has 3 rings (SSSR count). The molecule has 2 aromatic rings. The Morgan fingerprint density at radius 2 is 1.37 bits per heavy atom. The second-order valence-corrected chi connectivity index (χ2v) is 7.56. The van der Waals surface area contributed by atoms with Gasteiger partial charge in [0.2, 0.25) is 0 Å². The molecule has 0 saturated heterocycles. The molecule has 1 heterocycles. The molecule has 1 aliphatic heterocycles. The van der Waals surface area contributed by atoms with Crippen LogP contribution in [0.1, 0.15) is 44.9 Å². The summed E-state index contributed by atoms with van der Waals surface area (Å²) in [7, 11) is -4.10. The fourth-order valence-electron chi connectivity index (χ4n) is 2.90. The molecular weight excluding hydrogens is 369 g/mol. The molecule has 27 heavy (non-hydrogen) atoms. The number of carbonyl (C=O) groups excluding carboxylic acids is 3. The summed E-state index contributed by atoms with van der Waals surface area (Å²) in [5.41, 5.74) is -0.408. The molecule has 1 aliphatic rings. The number of benzene rings is 2. The number of nitrogens with zero attached hydrogens (tertiary/aromatic N) is 1. The van der Waals surface area contributed by atoms with E-state index in [-0.39, 0.29) is 35.6 Å². The van der Waals surface area contributed by atoms with Crippen molar-refractivity contribution in [3.05, 3.63) is 65.2 Å². The second-order valence-electron chi connectivity index (χ2n) is 5.65. The summed E-state index contributed by atoms with van der Waals surface area (Å²) in [6.45, 7) is 3.21. The van der Waals surface area contributed by atoms with Crippen molar-refractivity contribution < 1.29 is 28.0 Å². The van der Waals surface area contributed by atoms with Crippen LogP contribution in [0.5, 0.6) is 0 Å².